The lowest BCUT2D eigenvalue weighted by atomic mass is 10.1. The monoisotopic (exact) mass is 454 g/mol. The van der Waals surface area contributed by atoms with Gasteiger partial charge in [-0.3, -0.25) is 0 Å². The van der Waals surface area contributed by atoms with Crippen LogP contribution in [0, 0.1) is 5.82 Å². The summed E-state index contributed by atoms with van der Waals surface area (Å²) < 4.78 is 53.4. The molecule has 2 heterocycles. The Labute approximate surface area is 189 Å². The lowest BCUT2D eigenvalue weighted by Gasteiger charge is -2.42. The summed E-state index contributed by atoms with van der Waals surface area (Å²) in [7, 11) is 0. The van der Waals surface area contributed by atoms with E-state index in [1.54, 1.807) is 18.2 Å². The number of nitrogens with zero attached hydrogens (tertiary/aromatic N) is 4. The zero-order valence-corrected chi connectivity index (χ0v) is 17.8. The molecule has 4 nitrogen and oxygen atoms in total. The summed E-state index contributed by atoms with van der Waals surface area (Å²) in [5, 5.41) is 0. The summed E-state index contributed by atoms with van der Waals surface area (Å²) >= 11 is 0. The Morgan fingerprint density at radius 1 is 0.727 bits per heavy atom. The van der Waals surface area contributed by atoms with E-state index < -0.39 is 11.7 Å². The molecule has 0 N–H and O–H groups in total. The van der Waals surface area contributed by atoms with Gasteiger partial charge in [-0.2, -0.15) is 13.2 Å². The summed E-state index contributed by atoms with van der Waals surface area (Å²) in [5.41, 5.74) is 2.51. The van der Waals surface area contributed by atoms with Crippen molar-refractivity contribution in [3.8, 4) is 0 Å². The first-order valence-corrected chi connectivity index (χ1v) is 10.8. The van der Waals surface area contributed by atoms with E-state index in [0.717, 1.165) is 23.0 Å². The van der Waals surface area contributed by atoms with Crippen LogP contribution < -0.4 is 9.80 Å². The van der Waals surface area contributed by atoms with Gasteiger partial charge in [0.25, 0.3) is 0 Å². The number of hydrogen-bond donors (Lipinski definition) is 0. The van der Waals surface area contributed by atoms with Gasteiger partial charge < -0.3 is 14.7 Å². The van der Waals surface area contributed by atoms with Crippen molar-refractivity contribution in [2.24, 2.45) is 4.99 Å². The Hall–Kier alpha value is -3.55. The standard InChI is InChI=1S/C25H22F4N4/c26-20-8-10-21(11-9-20)31-12-14-32(15-13-31)24-30-23-7-2-1-4-18(23)17-33(24)22-6-3-5-19(16-22)25(27,28)29/h1-11,16H,12-15,17H2. The summed E-state index contributed by atoms with van der Waals surface area (Å²) in [5.74, 6) is 0.371. The molecular weight excluding hydrogens is 432 g/mol. The fourth-order valence-corrected chi connectivity index (χ4v) is 4.28. The second-order valence-corrected chi connectivity index (χ2v) is 8.13. The van der Waals surface area contributed by atoms with Crippen molar-refractivity contribution in [1.82, 2.24) is 4.90 Å². The van der Waals surface area contributed by atoms with Gasteiger partial charge in [0.15, 0.2) is 0 Å². The molecule has 0 saturated carbocycles. The van der Waals surface area contributed by atoms with E-state index in [4.69, 9.17) is 4.99 Å². The van der Waals surface area contributed by atoms with Crippen molar-refractivity contribution in [2.75, 3.05) is 36.0 Å². The molecule has 170 valence electrons. The molecule has 33 heavy (non-hydrogen) atoms. The Bertz CT molecular complexity index is 1170. The smallest absolute Gasteiger partial charge is 0.368 e. The minimum atomic E-state index is -4.41. The van der Waals surface area contributed by atoms with Crippen LogP contribution in [0.5, 0.6) is 0 Å². The van der Waals surface area contributed by atoms with Crippen molar-refractivity contribution in [3.63, 3.8) is 0 Å². The van der Waals surface area contributed by atoms with Crippen molar-refractivity contribution >= 4 is 23.0 Å². The van der Waals surface area contributed by atoms with Gasteiger partial charge in [-0.05, 0) is 54.1 Å². The number of fused-ring (bicyclic) bond motifs is 1. The maximum absolute atomic E-state index is 13.4. The maximum atomic E-state index is 13.4. The van der Waals surface area contributed by atoms with Crippen molar-refractivity contribution in [2.45, 2.75) is 12.7 Å². The highest BCUT2D eigenvalue weighted by atomic mass is 19.4. The molecule has 0 unspecified atom stereocenters. The first kappa shape index (κ1) is 21.3. The topological polar surface area (TPSA) is 22.1 Å². The fourth-order valence-electron chi connectivity index (χ4n) is 4.28. The lowest BCUT2D eigenvalue weighted by Crippen LogP contribution is -2.54. The Balaban J connectivity index is 1.44. The van der Waals surface area contributed by atoms with Gasteiger partial charge in [0.2, 0.25) is 5.96 Å². The van der Waals surface area contributed by atoms with E-state index >= 15 is 0 Å². The van der Waals surface area contributed by atoms with E-state index in [-0.39, 0.29) is 5.82 Å². The van der Waals surface area contributed by atoms with E-state index in [0.29, 0.717) is 44.4 Å². The molecule has 0 spiro atoms. The predicted molar refractivity (Wildman–Crippen MR) is 121 cm³/mol. The molecule has 0 bridgehead atoms. The van der Waals surface area contributed by atoms with Crippen LogP contribution >= 0.6 is 0 Å². The van der Waals surface area contributed by atoms with Crippen molar-refractivity contribution < 1.29 is 17.6 Å². The lowest BCUT2D eigenvalue weighted by molar-refractivity contribution is -0.137. The van der Waals surface area contributed by atoms with E-state index in [1.807, 2.05) is 29.2 Å². The van der Waals surface area contributed by atoms with Crippen molar-refractivity contribution in [1.29, 1.82) is 0 Å². The molecule has 0 atom stereocenters. The average Bonchev–Trinajstić information content (AvgIpc) is 2.83. The normalized spacial score (nSPS) is 16.5. The molecule has 1 saturated heterocycles. The molecule has 0 aliphatic carbocycles. The number of piperazine rings is 1. The maximum Gasteiger partial charge on any atom is 0.416 e. The van der Waals surface area contributed by atoms with Gasteiger partial charge in [0.05, 0.1) is 17.8 Å². The number of alkyl halides is 3. The molecule has 2 aliphatic heterocycles. The molecule has 3 aromatic rings. The summed E-state index contributed by atoms with van der Waals surface area (Å²) in [6, 6.07) is 19.5. The summed E-state index contributed by atoms with van der Waals surface area (Å²) in [6.45, 7) is 3.13. The molecule has 0 amide bonds. The first-order valence-electron chi connectivity index (χ1n) is 10.8. The van der Waals surface area contributed by atoms with Gasteiger partial charge in [0.1, 0.15) is 5.82 Å². The highest BCUT2D eigenvalue weighted by Crippen LogP contribution is 2.35. The Kier molecular flexibility index (Phi) is 5.44. The first-order chi connectivity index (χ1) is 15.9. The van der Waals surface area contributed by atoms with Gasteiger partial charge >= 0.3 is 6.18 Å². The minimum Gasteiger partial charge on any atom is -0.368 e. The SMILES string of the molecule is Fc1ccc(N2CCN(C3=Nc4ccccc4CN3c3cccc(C(F)(F)F)c3)CC2)cc1. The van der Waals surface area contributed by atoms with Crippen LogP contribution in [0.4, 0.5) is 34.6 Å². The minimum absolute atomic E-state index is 0.274. The van der Waals surface area contributed by atoms with Crippen LogP contribution in [-0.4, -0.2) is 37.0 Å². The largest absolute Gasteiger partial charge is 0.416 e. The van der Waals surface area contributed by atoms with Crippen LogP contribution in [0.15, 0.2) is 77.8 Å². The zero-order valence-electron chi connectivity index (χ0n) is 17.8. The van der Waals surface area contributed by atoms with Crippen LogP contribution in [0.3, 0.4) is 0 Å². The number of aliphatic imine (C=N–C) groups is 1. The molecular formula is C25H22F4N4. The fraction of sp³-hybridized carbons (Fsp3) is 0.240. The number of anilines is 2. The zero-order chi connectivity index (χ0) is 23.0. The molecule has 0 radical (unpaired) electrons. The van der Waals surface area contributed by atoms with Gasteiger partial charge in [-0.15, -0.1) is 0 Å². The molecule has 1 fully saturated rings. The average molecular weight is 454 g/mol. The highest BCUT2D eigenvalue weighted by molar-refractivity contribution is 5.99. The predicted octanol–water partition coefficient (Wildman–Crippen LogP) is 5.67. The van der Waals surface area contributed by atoms with E-state index in [9.17, 15) is 17.6 Å². The molecule has 2 aliphatic rings. The van der Waals surface area contributed by atoms with Crippen LogP contribution in [0.1, 0.15) is 11.1 Å². The summed E-state index contributed by atoms with van der Waals surface area (Å²) in [4.78, 5) is 11.0. The van der Waals surface area contributed by atoms with Gasteiger partial charge in [0, 0.05) is 37.6 Å². The number of guanidine groups is 1. The quantitative estimate of drug-likeness (QED) is 0.466. The Morgan fingerprint density at radius 2 is 1.42 bits per heavy atom. The van der Waals surface area contributed by atoms with Crippen LogP contribution in [0.25, 0.3) is 0 Å². The number of hydrogen-bond acceptors (Lipinski definition) is 4. The number of para-hydroxylation sites is 1. The number of halogens is 4. The highest BCUT2D eigenvalue weighted by Gasteiger charge is 2.33. The van der Waals surface area contributed by atoms with Gasteiger partial charge in [-0.1, -0.05) is 24.3 Å². The summed E-state index contributed by atoms with van der Waals surface area (Å²) in [6.07, 6.45) is -4.41. The number of rotatable bonds is 2. The third-order valence-corrected chi connectivity index (χ3v) is 6.02. The van der Waals surface area contributed by atoms with Crippen molar-refractivity contribution in [3.05, 3.63) is 89.7 Å². The molecule has 8 heteroatoms. The Morgan fingerprint density at radius 3 is 2.15 bits per heavy atom. The van der Waals surface area contributed by atoms with E-state index in [2.05, 4.69) is 9.80 Å². The third-order valence-electron chi connectivity index (χ3n) is 6.02. The third kappa shape index (κ3) is 4.37. The van der Waals surface area contributed by atoms with Crippen LogP contribution in [-0.2, 0) is 12.7 Å². The van der Waals surface area contributed by atoms with Crippen LogP contribution in [0.2, 0.25) is 0 Å². The molecule has 0 aromatic heterocycles. The molecule has 3 aromatic carbocycles. The second kappa shape index (κ2) is 8.42. The second-order valence-electron chi connectivity index (χ2n) is 8.13. The van der Waals surface area contributed by atoms with Gasteiger partial charge in [-0.25, -0.2) is 9.38 Å². The number of benzene rings is 3. The van der Waals surface area contributed by atoms with E-state index in [1.165, 1.54) is 24.3 Å². The molecule has 5 rings (SSSR count).